The van der Waals surface area contributed by atoms with Crippen molar-refractivity contribution in [2.24, 2.45) is 7.05 Å². The average Bonchev–Trinajstić information content (AvgIpc) is 3.05. The summed E-state index contributed by atoms with van der Waals surface area (Å²) >= 11 is 0. The molecule has 1 aromatic carbocycles. The summed E-state index contributed by atoms with van der Waals surface area (Å²) < 4.78 is 7.32. The van der Waals surface area contributed by atoms with Crippen LogP contribution < -0.4 is 5.73 Å². The normalized spacial score (nSPS) is 13.5. The lowest BCUT2D eigenvalue weighted by Crippen LogP contribution is -2.45. The molecule has 0 bridgehead atoms. The molecule has 35 heavy (non-hydrogen) atoms. The van der Waals surface area contributed by atoms with Crippen molar-refractivity contribution in [3.05, 3.63) is 69.0 Å². The van der Waals surface area contributed by atoms with E-state index in [1.54, 1.807) is 39.0 Å². The van der Waals surface area contributed by atoms with Gasteiger partial charge in [-0.3, -0.25) is 14.9 Å². The van der Waals surface area contributed by atoms with E-state index in [9.17, 15) is 19.7 Å². The van der Waals surface area contributed by atoms with Crippen LogP contribution in [0.3, 0.4) is 0 Å². The van der Waals surface area contributed by atoms with Crippen LogP contribution in [0.15, 0.2) is 36.5 Å². The predicted octanol–water partition coefficient (Wildman–Crippen LogP) is 3.50. The maximum Gasteiger partial charge on any atom is 0.417 e. The molecule has 2 amide bonds. The summed E-state index contributed by atoms with van der Waals surface area (Å²) in [5, 5.41) is 11.3. The van der Waals surface area contributed by atoms with Gasteiger partial charge in [0, 0.05) is 50.5 Å². The quantitative estimate of drug-likeness (QED) is 0.443. The molecule has 0 atom stereocenters. The third kappa shape index (κ3) is 4.70. The van der Waals surface area contributed by atoms with Gasteiger partial charge >= 0.3 is 6.09 Å². The first-order valence-corrected chi connectivity index (χ1v) is 11.0. The number of nitrogens with zero attached hydrogens (tertiary/aromatic N) is 5. The molecule has 11 heteroatoms. The first kappa shape index (κ1) is 23.9. The van der Waals surface area contributed by atoms with E-state index in [0.717, 1.165) is 10.6 Å². The Morgan fingerprint density at radius 3 is 2.69 bits per heavy atom. The average molecular weight is 479 g/mol. The summed E-state index contributed by atoms with van der Waals surface area (Å²) in [4.78, 5) is 46.7. The van der Waals surface area contributed by atoms with Crippen LogP contribution in [-0.4, -0.2) is 48.5 Å². The Kier molecular flexibility index (Phi) is 6.01. The standard InChI is InChI=1S/C24H26N6O5/c1-24(2,3)35-23(32)29-11-9-18-19(21(29)31)16(13-14-6-5-7-15(12-14)30(33)34)20(28(18)4)17-8-10-26-22(25)27-17/h5-8,10,12H,9,11,13H2,1-4H3,(H2,25,26,27). The van der Waals surface area contributed by atoms with E-state index < -0.39 is 22.5 Å². The molecular weight excluding hydrogens is 452 g/mol. The molecule has 3 heterocycles. The predicted molar refractivity (Wildman–Crippen MR) is 128 cm³/mol. The lowest BCUT2D eigenvalue weighted by atomic mass is 9.95. The van der Waals surface area contributed by atoms with Crippen LogP contribution in [0, 0.1) is 10.1 Å². The Labute approximate surface area is 201 Å². The molecule has 4 rings (SSSR count). The van der Waals surface area contributed by atoms with Crippen LogP contribution >= 0.6 is 0 Å². The third-order valence-electron chi connectivity index (χ3n) is 5.68. The number of nitrogens with two attached hydrogens (primary N) is 1. The van der Waals surface area contributed by atoms with Gasteiger partial charge in [-0.25, -0.2) is 19.7 Å². The smallest absolute Gasteiger partial charge is 0.417 e. The van der Waals surface area contributed by atoms with Crippen molar-refractivity contribution in [2.45, 2.75) is 39.2 Å². The van der Waals surface area contributed by atoms with Crippen molar-refractivity contribution < 1.29 is 19.2 Å². The molecule has 1 aliphatic rings. The number of non-ortho nitro benzene ring substituents is 1. The maximum atomic E-state index is 13.6. The molecule has 2 N–H and O–H groups in total. The largest absolute Gasteiger partial charge is 0.443 e. The minimum atomic E-state index is -0.760. The van der Waals surface area contributed by atoms with E-state index in [1.807, 2.05) is 11.6 Å². The number of nitrogen functional groups attached to an aromatic ring is 1. The van der Waals surface area contributed by atoms with Gasteiger partial charge in [0.15, 0.2) is 0 Å². The van der Waals surface area contributed by atoms with Gasteiger partial charge in [-0.1, -0.05) is 12.1 Å². The van der Waals surface area contributed by atoms with E-state index in [0.29, 0.717) is 34.5 Å². The van der Waals surface area contributed by atoms with Crippen LogP contribution in [0.5, 0.6) is 0 Å². The number of ether oxygens (including phenoxy) is 1. The van der Waals surface area contributed by atoms with Gasteiger partial charge in [-0.2, -0.15) is 0 Å². The second kappa shape index (κ2) is 8.82. The highest BCUT2D eigenvalue weighted by molar-refractivity contribution is 6.07. The molecule has 0 aliphatic carbocycles. The summed E-state index contributed by atoms with van der Waals surface area (Å²) in [5.41, 5.74) is 8.49. The van der Waals surface area contributed by atoms with Gasteiger partial charge in [0.05, 0.1) is 21.9 Å². The zero-order chi connectivity index (χ0) is 25.5. The van der Waals surface area contributed by atoms with E-state index in [4.69, 9.17) is 10.5 Å². The highest BCUT2D eigenvalue weighted by Crippen LogP contribution is 2.36. The molecular formula is C24H26N6O5. The summed E-state index contributed by atoms with van der Waals surface area (Å²) in [6, 6.07) is 7.91. The number of amides is 2. The molecule has 11 nitrogen and oxygen atoms in total. The fourth-order valence-electron chi connectivity index (χ4n) is 4.28. The van der Waals surface area contributed by atoms with Gasteiger partial charge in [0.25, 0.3) is 11.6 Å². The Hall–Kier alpha value is -4.28. The number of imide groups is 1. The van der Waals surface area contributed by atoms with Crippen molar-refractivity contribution in [1.82, 2.24) is 19.4 Å². The minimum absolute atomic E-state index is 0.0539. The number of carbonyl (C=O) groups is 2. The fourth-order valence-corrected chi connectivity index (χ4v) is 4.28. The second-order valence-corrected chi connectivity index (χ2v) is 9.30. The first-order chi connectivity index (χ1) is 16.5. The van der Waals surface area contributed by atoms with Crippen LogP contribution in [0.1, 0.15) is 48.0 Å². The molecule has 1 aliphatic heterocycles. The van der Waals surface area contributed by atoms with E-state index >= 15 is 0 Å². The highest BCUT2D eigenvalue weighted by Gasteiger charge is 2.38. The van der Waals surface area contributed by atoms with E-state index in [2.05, 4.69) is 9.97 Å². The lowest BCUT2D eigenvalue weighted by Gasteiger charge is -2.29. The van der Waals surface area contributed by atoms with Crippen molar-refractivity contribution in [2.75, 3.05) is 12.3 Å². The molecule has 0 radical (unpaired) electrons. The van der Waals surface area contributed by atoms with Crippen LogP contribution in [0.2, 0.25) is 0 Å². The van der Waals surface area contributed by atoms with Crippen LogP contribution in [0.4, 0.5) is 16.4 Å². The Bertz CT molecular complexity index is 1340. The SMILES string of the molecule is Cn1c2c(c(Cc3cccc([N+](=O)[O-])c3)c1-c1ccnc(N)n1)C(=O)N(C(=O)OC(C)(C)C)CC2. The lowest BCUT2D eigenvalue weighted by molar-refractivity contribution is -0.384. The number of aromatic nitrogens is 3. The summed E-state index contributed by atoms with van der Waals surface area (Å²) in [6.45, 7) is 5.37. The van der Waals surface area contributed by atoms with Crippen molar-refractivity contribution >= 4 is 23.6 Å². The molecule has 182 valence electrons. The van der Waals surface area contributed by atoms with E-state index in [1.165, 1.54) is 18.3 Å². The molecule has 0 saturated heterocycles. The fraction of sp³-hybridized carbons (Fsp3) is 0.333. The molecule has 2 aromatic heterocycles. The first-order valence-electron chi connectivity index (χ1n) is 11.0. The van der Waals surface area contributed by atoms with Gasteiger partial charge in [-0.15, -0.1) is 0 Å². The molecule has 0 saturated carbocycles. The van der Waals surface area contributed by atoms with Gasteiger partial charge in [0.1, 0.15) is 5.60 Å². The van der Waals surface area contributed by atoms with Crippen LogP contribution in [-0.2, 0) is 24.6 Å². The Morgan fingerprint density at radius 1 is 1.29 bits per heavy atom. The number of rotatable bonds is 4. The number of anilines is 1. The van der Waals surface area contributed by atoms with Crippen molar-refractivity contribution in [1.29, 1.82) is 0 Å². The Morgan fingerprint density at radius 2 is 2.03 bits per heavy atom. The number of benzene rings is 1. The number of hydrogen-bond acceptors (Lipinski definition) is 8. The van der Waals surface area contributed by atoms with Crippen molar-refractivity contribution in [3.8, 4) is 11.4 Å². The number of nitro groups is 1. The van der Waals surface area contributed by atoms with Crippen molar-refractivity contribution in [3.63, 3.8) is 0 Å². The summed E-state index contributed by atoms with van der Waals surface area (Å²) in [7, 11) is 1.82. The van der Waals surface area contributed by atoms with Gasteiger partial charge in [0.2, 0.25) is 5.95 Å². The highest BCUT2D eigenvalue weighted by atomic mass is 16.6. The van der Waals surface area contributed by atoms with E-state index in [-0.39, 0.29) is 24.6 Å². The van der Waals surface area contributed by atoms with Crippen LogP contribution in [0.25, 0.3) is 11.4 Å². The molecule has 3 aromatic rings. The minimum Gasteiger partial charge on any atom is -0.443 e. The number of nitro benzene ring substituents is 1. The zero-order valence-electron chi connectivity index (χ0n) is 19.9. The van der Waals surface area contributed by atoms with Gasteiger partial charge in [-0.05, 0) is 38.0 Å². The number of carbonyl (C=O) groups excluding carboxylic acids is 2. The molecule has 0 fully saturated rings. The summed E-state index contributed by atoms with van der Waals surface area (Å²) in [5.74, 6) is -0.408. The van der Waals surface area contributed by atoms with Gasteiger partial charge < -0.3 is 15.0 Å². The summed E-state index contributed by atoms with van der Waals surface area (Å²) in [6.07, 6.45) is 1.43. The topological polar surface area (TPSA) is 146 Å². The second-order valence-electron chi connectivity index (χ2n) is 9.30. The number of fused-ring (bicyclic) bond motifs is 1. The maximum absolute atomic E-state index is 13.6. The number of hydrogen-bond donors (Lipinski definition) is 1. The Balaban J connectivity index is 1.87. The third-order valence-corrected chi connectivity index (χ3v) is 5.68. The molecule has 0 unspecified atom stereocenters. The zero-order valence-corrected chi connectivity index (χ0v) is 19.9. The molecule has 0 spiro atoms. The monoisotopic (exact) mass is 478 g/mol.